The van der Waals surface area contributed by atoms with Gasteiger partial charge in [-0.1, -0.05) is 60.7 Å². The molecule has 0 amide bonds. The van der Waals surface area contributed by atoms with Gasteiger partial charge in [-0.25, -0.2) is 10.0 Å². The highest BCUT2D eigenvalue weighted by Crippen LogP contribution is 2.33. The molecule has 2 aromatic rings. The minimum absolute atomic E-state index is 0.0994. The number of hydrazine groups is 1. The molecule has 0 saturated carbocycles. The van der Waals surface area contributed by atoms with E-state index in [0.717, 1.165) is 0 Å². The van der Waals surface area contributed by atoms with Crippen molar-refractivity contribution in [2.24, 2.45) is 0 Å². The lowest BCUT2D eigenvalue weighted by Gasteiger charge is -2.36. The number of nitro groups is 1. The summed E-state index contributed by atoms with van der Waals surface area (Å²) in [5, 5.41) is 15.7. The SMILES string of the molecule is CC(c1ccccc1)N1CC([N+](=O)[O-])CN1C(C)c1ccccc1. The minimum Gasteiger partial charge on any atom is -0.264 e. The van der Waals surface area contributed by atoms with Crippen LogP contribution in [0.15, 0.2) is 60.7 Å². The molecule has 2 unspecified atom stereocenters. The Morgan fingerprint density at radius 3 is 1.58 bits per heavy atom. The molecule has 0 N–H and O–H groups in total. The van der Waals surface area contributed by atoms with Gasteiger partial charge in [0.1, 0.15) is 0 Å². The molecule has 1 fully saturated rings. The smallest absolute Gasteiger partial charge is 0.240 e. The first-order chi connectivity index (χ1) is 11.6. The summed E-state index contributed by atoms with van der Waals surface area (Å²) in [6.45, 7) is 5.12. The molecule has 0 spiro atoms. The highest BCUT2D eigenvalue weighted by atomic mass is 16.6. The molecule has 0 aromatic heterocycles. The Hall–Kier alpha value is -2.24. The summed E-state index contributed by atoms with van der Waals surface area (Å²) in [7, 11) is 0. The Kier molecular flexibility index (Phi) is 4.92. The van der Waals surface area contributed by atoms with E-state index in [9.17, 15) is 10.1 Å². The predicted molar refractivity (Wildman–Crippen MR) is 93.9 cm³/mol. The molecule has 0 radical (unpaired) electrons. The van der Waals surface area contributed by atoms with Crippen LogP contribution in [-0.4, -0.2) is 34.1 Å². The van der Waals surface area contributed by atoms with Crippen molar-refractivity contribution < 1.29 is 4.92 Å². The van der Waals surface area contributed by atoms with Gasteiger partial charge in [0.15, 0.2) is 0 Å². The maximum absolute atomic E-state index is 11.4. The van der Waals surface area contributed by atoms with Gasteiger partial charge in [0.25, 0.3) is 0 Å². The lowest BCUT2D eigenvalue weighted by atomic mass is 10.1. The van der Waals surface area contributed by atoms with Crippen LogP contribution in [0.2, 0.25) is 0 Å². The summed E-state index contributed by atoms with van der Waals surface area (Å²) in [6.07, 6.45) is 0. The average Bonchev–Trinajstić information content (AvgIpc) is 3.07. The van der Waals surface area contributed by atoms with Crippen LogP contribution < -0.4 is 0 Å². The first kappa shape index (κ1) is 16.6. The van der Waals surface area contributed by atoms with E-state index in [4.69, 9.17) is 0 Å². The molecule has 5 heteroatoms. The summed E-state index contributed by atoms with van der Waals surface area (Å²) in [6, 6.07) is 20.0. The highest BCUT2D eigenvalue weighted by molar-refractivity contribution is 5.20. The number of nitrogens with zero attached hydrogens (tertiary/aromatic N) is 3. The van der Waals surface area contributed by atoms with E-state index < -0.39 is 6.04 Å². The zero-order valence-electron chi connectivity index (χ0n) is 14.1. The van der Waals surface area contributed by atoms with E-state index in [1.54, 1.807) is 0 Å². The molecule has 1 heterocycles. The van der Waals surface area contributed by atoms with Gasteiger partial charge in [-0.05, 0) is 25.0 Å². The van der Waals surface area contributed by atoms with Crippen molar-refractivity contribution in [1.82, 2.24) is 10.0 Å². The third-order valence-corrected chi connectivity index (χ3v) is 4.88. The summed E-state index contributed by atoms with van der Waals surface area (Å²) in [5.41, 5.74) is 2.35. The maximum atomic E-state index is 11.4. The minimum atomic E-state index is -0.553. The van der Waals surface area contributed by atoms with E-state index in [-0.39, 0.29) is 17.0 Å². The van der Waals surface area contributed by atoms with Gasteiger partial charge in [-0.2, -0.15) is 0 Å². The van der Waals surface area contributed by atoms with E-state index in [1.165, 1.54) is 11.1 Å². The Bertz CT molecular complexity index is 624. The summed E-state index contributed by atoms with van der Waals surface area (Å²) in [5.74, 6) is 0. The zero-order chi connectivity index (χ0) is 17.1. The number of hydrogen-bond acceptors (Lipinski definition) is 4. The lowest BCUT2D eigenvalue weighted by Crippen LogP contribution is -2.40. The van der Waals surface area contributed by atoms with Gasteiger partial charge in [-0.15, -0.1) is 0 Å². The molecular formula is C19H23N3O2. The normalized spacial score (nSPS) is 21.5. The fourth-order valence-corrected chi connectivity index (χ4v) is 3.40. The molecule has 1 saturated heterocycles. The van der Waals surface area contributed by atoms with Gasteiger partial charge < -0.3 is 0 Å². The van der Waals surface area contributed by atoms with Crippen LogP contribution >= 0.6 is 0 Å². The van der Waals surface area contributed by atoms with Crippen LogP contribution in [0.1, 0.15) is 37.1 Å². The second-order valence-corrected chi connectivity index (χ2v) is 6.36. The maximum Gasteiger partial charge on any atom is 0.240 e. The topological polar surface area (TPSA) is 49.6 Å². The van der Waals surface area contributed by atoms with Crippen molar-refractivity contribution in [2.45, 2.75) is 32.0 Å². The predicted octanol–water partition coefficient (Wildman–Crippen LogP) is 3.69. The van der Waals surface area contributed by atoms with Crippen molar-refractivity contribution in [3.05, 3.63) is 81.9 Å². The number of hydrogen-bond donors (Lipinski definition) is 0. The van der Waals surface area contributed by atoms with Crippen molar-refractivity contribution >= 4 is 0 Å². The molecule has 0 bridgehead atoms. The van der Waals surface area contributed by atoms with Crippen LogP contribution in [0.5, 0.6) is 0 Å². The highest BCUT2D eigenvalue weighted by Gasteiger charge is 2.42. The largest absolute Gasteiger partial charge is 0.264 e. The quantitative estimate of drug-likeness (QED) is 0.621. The third-order valence-electron chi connectivity index (χ3n) is 4.88. The van der Waals surface area contributed by atoms with Crippen LogP contribution in [0, 0.1) is 10.1 Å². The second kappa shape index (κ2) is 7.11. The monoisotopic (exact) mass is 325 g/mol. The molecule has 126 valence electrons. The fraction of sp³-hybridized carbons (Fsp3) is 0.368. The molecule has 0 aliphatic carbocycles. The van der Waals surface area contributed by atoms with E-state index >= 15 is 0 Å². The fourth-order valence-electron chi connectivity index (χ4n) is 3.40. The Balaban J connectivity index is 1.88. The zero-order valence-corrected chi connectivity index (χ0v) is 14.1. The Morgan fingerprint density at radius 2 is 1.25 bits per heavy atom. The van der Waals surface area contributed by atoms with Crippen molar-refractivity contribution in [3.63, 3.8) is 0 Å². The van der Waals surface area contributed by atoms with Crippen LogP contribution in [0.4, 0.5) is 0 Å². The molecule has 5 nitrogen and oxygen atoms in total. The van der Waals surface area contributed by atoms with E-state index in [2.05, 4.69) is 48.1 Å². The molecule has 1 aliphatic heterocycles. The van der Waals surface area contributed by atoms with Crippen molar-refractivity contribution in [2.75, 3.05) is 13.1 Å². The van der Waals surface area contributed by atoms with Crippen LogP contribution in [0.25, 0.3) is 0 Å². The van der Waals surface area contributed by atoms with Gasteiger partial charge >= 0.3 is 0 Å². The Morgan fingerprint density at radius 1 is 0.875 bits per heavy atom. The van der Waals surface area contributed by atoms with Gasteiger partial charge in [0.2, 0.25) is 6.04 Å². The van der Waals surface area contributed by atoms with Crippen molar-refractivity contribution in [3.8, 4) is 0 Å². The molecule has 2 aromatic carbocycles. The van der Waals surface area contributed by atoms with Crippen LogP contribution in [0.3, 0.4) is 0 Å². The van der Waals surface area contributed by atoms with Gasteiger partial charge in [0, 0.05) is 17.0 Å². The van der Waals surface area contributed by atoms with Gasteiger partial charge in [-0.3, -0.25) is 10.1 Å². The molecule has 3 rings (SSSR count). The second-order valence-electron chi connectivity index (χ2n) is 6.36. The number of benzene rings is 2. The summed E-state index contributed by atoms with van der Waals surface area (Å²) >= 11 is 0. The standard InChI is InChI=1S/C19H23N3O2/c1-15(17-9-5-3-6-10-17)20-13-19(22(23)24)14-21(20)16(2)18-11-7-4-8-12-18/h3-12,15-16,19H,13-14H2,1-2H3. The first-order valence-electron chi connectivity index (χ1n) is 8.34. The number of rotatable bonds is 5. The molecule has 24 heavy (non-hydrogen) atoms. The first-order valence-corrected chi connectivity index (χ1v) is 8.34. The average molecular weight is 325 g/mol. The lowest BCUT2D eigenvalue weighted by molar-refractivity contribution is -0.515. The van der Waals surface area contributed by atoms with E-state index in [1.807, 2.05) is 36.4 Å². The van der Waals surface area contributed by atoms with Gasteiger partial charge in [0.05, 0.1) is 13.1 Å². The summed E-state index contributed by atoms with van der Waals surface area (Å²) in [4.78, 5) is 11.2. The third kappa shape index (κ3) is 3.32. The van der Waals surface area contributed by atoms with E-state index in [0.29, 0.717) is 13.1 Å². The molecule has 2 atom stereocenters. The van der Waals surface area contributed by atoms with Crippen LogP contribution in [-0.2, 0) is 0 Å². The Labute approximate surface area is 142 Å². The molecular weight excluding hydrogens is 302 g/mol. The van der Waals surface area contributed by atoms with Crippen molar-refractivity contribution in [1.29, 1.82) is 0 Å². The summed E-state index contributed by atoms with van der Waals surface area (Å²) < 4.78 is 0. The molecule has 1 aliphatic rings.